The number of hydrogen-bond donors (Lipinski definition) is 0. The van der Waals surface area contributed by atoms with Crippen molar-refractivity contribution in [3.8, 4) is 6.07 Å². The third-order valence-corrected chi connectivity index (χ3v) is 4.32. The fourth-order valence-electron chi connectivity index (χ4n) is 2.12. The van der Waals surface area contributed by atoms with Crippen LogP contribution in [0.25, 0.3) is 0 Å². The summed E-state index contributed by atoms with van der Waals surface area (Å²) in [6.45, 7) is 1.44. The maximum Gasteiger partial charge on any atom is 0.309 e. The van der Waals surface area contributed by atoms with E-state index in [0.717, 1.165) is 18.5 Å². The standard InChI is InChI=1S/C15H16N2O3S/c1-10-9-21-14(17-10)12(7-16)13(18)8-20-15(19)11-5-3-2-4-6-11/h2-3,9,11-12H,4-6,8H2,1H3/t11-,12-/m1/s1. The molecule has 0 N–H and O–H groups in total. The van der Waals surface area contributed by atoms with Gasteiger partial charge in [0.1, 0.15) is 5.01 Å². The Morgan fingerprint density at radius 3 is 2.95 bits per heavy atom. The number of rotatable bonds is 5. The second-order valence-electron chi connectivity index (χ2n) is 4.94. The quantitative estimate of drug-likeness (QED) is 0.617. The molecule has 110 valence electrons. The number of ketones is 1. The first-order valence-corrected chi connectivity index (χ1v) is 7.65. The van der Waals surface area contributed by atoms with Crippen LogP contribution in [0.5, 0.6) is 0 Å². The maximum atomic E-state index is 12.0. The Bertz CT molecular complexity index is 600. The summed E-state index contributed by atoms with van der Waals surface area (Å²) in [4.78, 5) is 28.0. The second kappa shape index (κ2) is 7.14. The lowest BCUT2D eigenvalue weighted by Gasteiger charge is -2.16. The molecule has 0 spiro atoms. The van der Waals surface area contributed by atoms with Gasteiger partial charge in [-0.25, -0.2) is 4.98 Å². The van der Waals surface area contributed by atoms with Gasteiger partial charge in [0.2, 0.25) is 0 Å². The summed E-state index contributed by atoms with van der Waals surface area (Å²) in [5, 5.41) is 11.4. The molecule has 0 radical (unpaired) electrons. The summed E-state index contributed by atoms with van der Waals surface area (Å²) in [6, 6.07) is 1.93. The smallest absolute Gasteiger partial charge is 0.309 e. The lowest BCUT2D eigenvalue weighted by molar-refractivity contribution is -0.152. The molecule has 5 nitrogen and oxygen atoms in total. The Morgan fingerprint density at radius 2 is 2.38 bits per heavy atom. The third-order valence-electron chi connectivity index (χ3n) is 3.29. The second-order valence-corrected chi connectivity index (χ2v) is 5.83. The summed E-state index contributed by atoms with van der Waals surface area (Å²) >= 11 is 1.27. The monoisotopic (exact) mass is 304 g/mol. The highest BCUT2D eigenvalue weighted by atomic mass is 32.1. The van der Waals surface area contributed by atoms with Crippen molar-refractivity contribution < 1.29 is 14.3 Å². The summed E-state index contributed by atoms with van der Waals surface area (Å²) < 4.78 is 5.06. The van der Waals surface area contributed by atoms with Crippen LogP contribution in [0, 0.1) is 24.2 Å². The lowest BCUT2D eigenvalue weighted by Crippen LogP contribution is -2.24. The zero-order valence-corrected chi connectivity index (χ0v) is 12.6. The van der Waals surface area contributed by atoms with E-state index in [9.17, 15) is 9.59 Å². The highest BCUT2D eigenvalue weighted by Gasteiger charge is 2.26. The van der Waals surface area contributed by atoms with Crippen LogP contribution < -0.4 is 0 Å². The molecule has 2 rings (SSSR count). The Kier molecular flexibility index (Phi) is 5.23. The zero-order valence-electron chi connectivity index (χ0n) is 11.7. The van der Waals surface area contributed by atoms with Crippen LogP contribution >= 0.6 is 11.3 Å². The molecule has 1 heterocycles. The van der Waals surface area contributed by atoms with Gasteiger partial charge in [-0.3, -0.25) is 9.59 Å². The Hall–Kier alpha value is -2.00. The molecule has 0 saturated carbocycles. The number of nitrogens with zero attached hydrogens (tertiary/aromatic N) is 2. The van der Waals surface area contributed by atoms with Crippen LogP contribution in [-0.4, -0.2) is 23.3 Å². The van der Waals surface area contributed by atoms with Crippen molar-refractivity contribution in [3.63, 3.8) is 0 Å². The van der Waals surface area contributed by atoms with E-state index in [1.807, 2.05) is 18.2 Å². The molecule has 21 heavy (non-hydrogen) atoms. The number of aryl methyl sites for hydroxylation is 1. The van der Waals surface area contributed by atoms with Gasteiger partial charge in [-0.05, 0) is 26.2 Å². The average molecular weight is 304 g/mol. The van der Waals surface area contributed by atoms with Crippen molar-refractivity contribution in [2.45, 2.75) is 32.1 Å². The number of ether oxygens (including phenoxy) is 1. The van der Waals surface area contributed by atoms with Crippen LogP contribution in [0.1, 0.15) is 35.9 Å². The van der Waals surface area contributed by atoms with E-state index in [4.69, 9.17) is 10.00 Å². The predicted molar refractivity (Wildman–Crippen MR) is 77.7 cm³/mol. The van der Waals surface area contributed by atoms with Crippen LogP contribution in [0.4, 0.5) is 0 Å². The molecule has 0 aliphatic heterocycles. The fourth-order valence-corrected chi connectivity index (χ4v) is 2.98. The molecule has 0 unspecified atom stereocenters. The minimum absolute atomic E-state index is 0.176. The Labute approximate surface area is 127 Å². The maximum absolute atomic E-state index is 12.0. The van der Waals surface area contributed by atoms with Crippen molar-refractivity contribution >= 4 is 23.1 Å². The summed E-state index contributed by atoms with van der Waals surface area (Å²) in [5.74, 6) is -1.92. The van der Waals surface area contributed by atoms with Gasteiger partial charge in [0, 0.05) is 11.1 Å². The van der Waals surface area contributed by atoms with Crippen LogP contribution in [0.15, 0.2) is 17.5 Å². The van der Waals surface area contributed by atoms with Crippen molar-refractivity contribution in [1.29, 1.82) is 5.26 Å². The predicted octanol–water partition coefficient (Wildman–Crippen LogP) is 2.53. The topological polar surface area (TPSA) is 80.0 Å². The van der Waals surface area contributed by atoms with E-state index in [2.05, 4.69) is 4.98 Å². The van der Waals surface area contributed by atoms with Gasteiger partial charge >= 0.3 is 5.97 Å². The number of nitriles is 1. The van der Waals surface area contributed by atoms with Gasteiger partial charge in [0.25, 0.3) is 0 Å². The minimum atomic E-state index is -0.956. The van der Waals surface area contributed by atoms with Crippen molar-refractivity contribution in [3.05, 3.63) is 28.2 Å². The number of hydrogen-bond acceptors (Lipinski definition) is 6. The number of aromatic nitrogens is 1. The van der Waals surface area contributed by atoms with Gasteiger partial charge in [0.05, 0.1) is 12.0 Å². The molecule has 1 aliphatic carbocycles. The van der Waals surface area contributed by atoms with Crippen molar-refractivity contribution in [2.24, 2.45) is 5.92 Å². The molecule has 2 atom stereocenters. The number of esters is 1. The number of carbonyl (C=O) groups is 2. The van der Waals surface area contributed by atoms with E-state index >= 15 is 0 Å². The van der Waals surface area contributed by atoms with Gasteiger partial charge in [-0.15, -0.1) is 11.3 Å². The molecule has 6 heteroatoms. The van der Waals surface area contributed by atoms with Gasteiger partial charge in [-0.1, -0.05) is 12.2 Å². The molecule has 0 amide bonds. The number of Topliss-reactive ketones (excluding diaryl/α,β-unsaturated/α-hetero) is 1. The molecule has 1 aromatic heterocycles. The van der Waals surface area contributed by atoms with Crippen molar-refractivity contribution in [1.82, 2.24) is 4.98 Å². The normalized spacial score (nSPS) is 18.8. The first kappa shape index (κ1) is 15.4. The molecule has 0 bridgehead atoms. The summed E-state index contributed by atoms with van der Waals surface area (Å²) in [5.41, 5.74) is 0.772. The van der Waals surface area contributed by atoms with E-state index < -0.39 is 11.7 Å². The zero-order chi connectivity index (χ0) is 15.2. The van der Waals surface area contributed by atoms with Gasteiger partial charge < -0.3 is 4.74 Å². The molecule has 0 fully saturated rings. The highest BCUT2D eigenvalue weighted by Crippen LogP contribution is 2.22. The highest BCUT2D eigenvalue weighted by molar-refractivity contribution is 7.09. The number of thiazole rings is 1. The molecule has 0 saturated heterocycles. The lowest BCUT2D eigenvalue weighted by atomic mass is 9.95. The summed E-state index contributed by atoms with van der Waals surface area (Å²) in [6.07, 6.45) is 6.24. The van der Waals surface area contributed by atoms with Gasteiger partial charge in [0.15, 0.2) is 18.3 Å². The van der Waals surface area contributed by atoms with E-state index in [-0.39, 0.29) is 18.5 Å². The van der Waals surface area contributed by atoms with Gasteiger partial charge in [-0.2, -0.15) is 5.26 Å². The molecule has 1 aromatic rings. The van der Waals surface area contributed by atoms with E-state index in [1.54, 1.807) is 12.3 Å². The molecule has 1 aliphatic rings. The fraction of sp³-hybridized carbons (Fsp3) is 0.467. The average Bonchev–Trinajstić information content (AvgIpc) is 2.92. The van der Waals surface area contributed by atoms with E-state index in [0.29, 0.717) is 11.4 Å². The van der Waals surface area contributed by atoms with Crippen LogP contribution in [0.2, 0.25) is 0 Å². The molecular formula is C15H16N2O3S. The molecular weight excluding hydrogens is 288 g/mol. The molecule has 0 aromatic carbocycles. The van der Waals surface area contributed by atoms with Crippen LogP contribution in [0.3, 0.4) is 0 Å². The summed E-state index contributed by atoms with van der Waals surface area (Å²) in [7, 11) is 0. The largest absolute Gasteiger partial charge is 0.457 e. The third kappa shape index (κ3) is 3.99. The van der Waals surface area contributed by atoms with Crippen LogP contribution in [-0.2, 0) is 14.3 Å². The Balaban J connectivity index is 1.90. The minimum Gasteiger partial charge on any atom is -0.457 e. The first-order valence-electron chi connectivity index (χ1n) is 6.77. The SMILES string of the molecule is Cc1csc([C@H](C#N)C(=O)COC(=O)[C@@H]2CC=CCC2)n1. The van der Waals surface area contributed by atoms with Crippen molar-refractivity contribution in [2.75, 3.05) is 6.61 Å². The van der Waals surface area contributed by atoms with E-state index in [1.165, 1.54) is 11.3 Å². The number of allylic oxidation sites excluding steroid dienone is 2. The number of carbonyl (C=O) groups excluding carboxylic acids is 2. The first-order chi connectivity index (χ1) is 10.1. The Morgan fingerprint density at radius 1 is 1.57 bits per heavy atom.